The summed E-state index contributed by atoms with van der Waals surface area (Å²) in [5, 5.41) is 13.2. The molecule has 172 valence electrons. The molecule has 5 rings (SSSR count). The minimum atomic E-state index is -0.483. The van der Waals surface area contributed by atoms with E-state index in [1.54, 1.807) is 6.08 Å². The van der Waals surface area contributed by atoms with Crippen molar-refractivity contribution in [1.82, 2.24) is 0 Å². The van der Waals surface area contributed by atoms with Gasteiger partial charge >= 0.3 is 0 Å². The molecule has 0 unspecified atom stereocenters. The van der Waals surface area contributed by atoms with Crippen molar-refractivity contribution in [1.29, 1.82) is 0 Å². The molecule has 4 aromatic rings. The van der Waals surface area contributed by atoms with Crippen LogP contribution >= 0.6 is 24.0 Å². The number of benzene rings is 4. The van der Waals surface area contributed by atoms with Crippen molar-refractivity contribution in [3.8, 4) is 5.75 Å². The van der Waals surface area contributed by atoms with Crippen LogP contribution in [0.2, 0.25) is 0 Å². The number of fused-ring (bicyclic) bond motifs is 1. The van der Waals surface area contributed by atoms with Gasteiger partial charge in [0.25, 0.3) is 11.6 Å². The zero-order valence-corrected chi connectivity index (χ0v) is 19.9. The van der Waals surface area contributed by atoms with Crippen molar-refractivity contribution in [3.63, 3.8) is 0 Å². The third-order valence-electron chi connectivity index (χ3n) is 5.53. The highest BCUT2D eigenvalue weighted by Gasteiger charge is 2.33. The van der Waals surface area contributed by atoms with Crippen molar-refractivity contribution in [2.75, 3.05) is 4.90 Å². The highest BCUT2D eigenvalue weighted by atomic mass is 32.2. The Bertz CT molecular complexity index is 1500. The first-order valence-corrected chi connectivity index (χ1v) is 11.9. The number of non-ortho nitro benzene ring substituents is 1. The van der Waals surface area contributed by atoms with Gasteiger partial charge in [-0.3, -0.25) is 19.8 Å². The molecule has 1 aliphatic rings. The average Bonchev–Trinajstić information content (AvgIpc) is 3.15. The number of carbonyl (C=O) groups is 1. The van der Waals surface area contributed by atoms with E-state index < -0.39 is 4.92 Å². The first-order chi connectivity index (χ1) is 17.0. The third-order valence-corrected chi connectivity index (χ3v) is 6.83. The number of carbonyl (C=O) groups excluding carboxylic acids is 1. The Morgan fingerprint density at radius 1 is 0.943 bits per heavy atom. The predicted molar refractivity (Wildman–Crippen MR) is 143 cm³/mol. The summed E-state index contributed by atoms with van der Waals surface area (Å²) in [6, 6.07) is 27.6. The molecule has 0 saturated carbocycles. The van der Waals surface area contributed by atoms with E-state index in [-0.39, 0.29) is 11.6 Å². The van der Waals surface area contributed by atoms with Gasteiger partial charge in [0.15, 0.2) is 4.32 Å². The second kappa shape index (κ2) is 9.69. The first kappa shape index (κ1) is 22.8. The lowest BCUT2D eigenvalue weighted by molar-refractivity contribution is -0.384. The van der Waals surface area contributed by atoms with Gasteiger partial charge in [-0.25, -0.2) is 0 Å². The second-order valence-electron chi connectivity index (χ2n) is 7.80. The van der Waals surface area contributed by atoms with Crippen LogP contribution in [-0.4, -0.2) is 15.2 Å². The van der Waals surface area contributed by atoms with E-state index in [9.17, 15) is 14.9 Å². The third kappa shape index (κ3) is 4.80. The molecule has 6 nitrogen and oxygen atoms in total. The molecule has 35 heavy (non-hydrogen) atoms. The number of nitrogens with zero attached hydrogens (tertiary/aromatic N) is 2. The molecule has 8 heteroatoms. The lowest BCUT2D eigenvalue weighted by Gasteiger charge is -2.14. The number of rotatable bonds is 6. The molecule has 1 heterocycles. The van der Waals surface area contributed by atoms with Crippen LogP contribution in [0.3, 0.4) is 0 Å². The van der Waals surface area contributed by atoms with Crippen LogP contribution in [0.15, 0.2) is 95.9 Å². The van der Waals surface area contributed by atoms with Gasteiger partial charge in [-0.15, -0.1) is 0 Å². The Kier molecular flexibility index (Phi) is 6.31. The van der Waals surface area contributed by atoms with E-state index in [2.05, 4.69) is 24.3 Å². The molecule has 4 aromatic carbocycles. The number of nitro groups is 1. The van der Waals surface area contributed by atoms with Crippen LogP contribution in [0, 0.1) is 10.1 Å². The summed E-state index contributed by atoms with van der Waals surface area (Å²) in [5.74, 6) is 0.374. The van der Waals surface area contributed by atoms with Crippen molar-refractivity contribution < 1.29 is 14.5 Å². The number of thioether (sulfide) groups is 1. The summed E-state index contributed by atoms with van der Waals surface area (Å²) in [7, 11) is 0. The number of amides is 1. The molecule has 0 radical (unpaired) electrons. The molecule has 0 atom stereocenters. The quantitative estimate of drug-likeness (QED) is 0.127. The Morgan fingerprint density at radius 2 is 1.66 bits per heavy atom. The Morgan fingerprint density at radius 3 is 2.43 bits per heavy atom. The zero-order chi connectivity index (χ0) is 24.4. The van der Waals surface area contributed by atoms with Gasteiger partial charge in [-0.1, -0.05) is 78.6 Å². The molecule has 0 bridgehead atoms. The van der Waals surface area contributed by atoms with Crippen molar-refractivity contribution in [2.24, 2.45) is 0 Å². The van der Waals surface area contributed by atoms with Crippen LogP contribution in [0.4, 0.5) is 11.4 Å². The SMILES string of the molecule is O=C1/C(=C\c2ccccc2OCc2ccc3ccccc3c2)SC(=S)N1c1ccc([N+](=O)[O-])cc1. The molecular weight excluding hydrogens is 480 g/mol. The molecule has 1 fully saturated rings. The first-order valence-electron chi connectivity index (χ1n) is 10.7. The normalized spacial score (nSPS) is 14.6. The maximum Gasteiger partial charge on any atom is 0.270 e. The summed E-state index contributed by atoms with van der Waals surface area (Å²) in [6.45, 7) is 0.388. The van der Waals surface area contributed by atoms with Crippen LogP contribution in [0.1, 0.15) is 11.1 Å². The van der Waals surface area contributed by atoms with Gasteiger partial charge in [0.05, 0.1) is 15.5 Å². The predicted octanol–water partition coefficient (Wildman–Crippen LogP) is 6.73. The topological polar surface area (TPSA) is 72.7 Å². The van der Waals surface area contributed by atoms with E-state index in [0.717, 1.165) is 16.5 Å². The fraction of sp³-hybridized carbons (Fsp3) is 0.0370. The highest BCUT2D eigenvalue weighted by molar-refractivity contribution is 8.27. The summed E-state index contributed by atoms with van der Waals surface area (Å²) >= 11 is 6.61. The highest BCUT2D eigenvalue weighted by Crippen LogP contribution is 2.37. The fourth-order valence-corrected chi connectivity index (χ4v) is 5.07. The minimum Gasteiger partial charge on any atom is -0.488 e. The Hall–Kier alpha value is -4.01. The van der Waals surface area contributed by atoms with Crippen molar-refractivity contribution >= 4 is 62.4 Å². The number of para-hydroxylation sites is 1. The standard InChI is InChI=1S/C27H18N2O4S2/c30-26-25(35-27(34)28(26)22-11-13-23(14-12-22)29(31)32)16-21-7-3-4-8-24(21)33-17-18-9-10-19-5-1-2-6-20(19)15-18/h1-16H,17H2/b25-16+. The maximum atomic E-state index is 13.1. The van der Waals surface area contributed by atoms with E-state index in [4.69, 9.17) is 17.0 Å². The number of nitro benzene ring substituents is 1. The molecule has 1 amide bonds. The minimum absolute atomic E-state index is 0.0489. The number of thiocarbonyl (C=S) groups is 1. The number of hydrogen-bond acceptors (Lipinski definition) is 6. The number of hydrogen-bond donors (Lipinski definition) is 0. The summed E-state index contributed by atoms with van der Waals surface area (Å²) in [6.07, 6.45) is 1.76. The molecule has 1 aliphatic heterocycles. The lowest BCUT2D eigenvalue weighted by atomic mass is 10.1. The Balaban J connectivity index is 1.36. The van der Waals surface area contributed by atoms with Gasteiger partial charge in [-0.05, 0) is 46.7 Å². The van der Waals surface area contributed by atoms with Crippen LogP contribution < -0.4 is 9.64 Å². The maximum absolute atomic E-state index is 13.1. The molecule has 0 N–H and O–H groups in total. The molecule has 0 aromatic heterocycles. The van der Waals surface area contributed by atoms with Crippen LogP contribution in [0.25, 0.3) is 16.8 Å². The Labute approximate surface area is 211 Å². The number of anilines is 1. The average molecular weight is 499 g/mol. The van der Waals surface area contributed by atoms with Gasteiger partial charge in [0.2, 0.25) is 0 Å². The summed E-state index contributed by atoms with van der Waals surface area (Å²) in [5.41, 5.74) is 2.25. The summed E-state index contributed by atoms with van der Waals surface area (Å²) < 4.78 is 6.48. The molecular formula is C27H18N2O4S2. The van der Waals surface area contributed by atoms with Gasteiger partial charge < -0.3 is 4.74 Å². The van der Waals surface area contributed by atoms with Crippen LogP contribution in [0.5, 0.6) is 5.75 Å². The fourth-order valence-electron chi connectivity index (χ4n) is 3.78. The van der Waals surface area contributed by atoms with Crippen LogP contribution in [-0.2, 0) is 11.4 Å². The monoisotopic (exact) mass is 498 g/mol. The lowest BCUT2D eigenvalue weighted by Crippen LogP contribution is -2.27. The van der Waals surface area contributed by atoms with E-state index >= 15 is 0 Å². The largest absolute Gasteiger partial charge is 0.488 e. The van der Waals surface area contributed by atoms with Crippen molar-refractivity contribution in [2.45, 2.75) is 6.61 Å². The van der Waals surface area contributed by atoms with E-state index in [1.807, 2.05) is 42.5 Å². The number of ether oxygens (including phenoxy) is 1. The molecule has 1 saturated heterocycles. The van der Waals surface area contributed by atoms with Crippen molar-refractivity contribution in [3.05, 3.63) is 117 Å². The van der Waals surface area contributed by atoms with Gasteiger partial charge in [0.1, 0.15) is 12.4 Å². The van der Waals surface area contributed by atoms with E-state index in [0.29, 0.717) is 27.3 Å². The second-order valence-corrected chi connectivity index (χ2v) is 9.47. The molecule has 0 spiro atoms. The smallest absolute Gasteiger partial charge is 0.270 e. The molecule has 0 aliphatic carbocycles. The van der Waals surface area contributed by atoms with E-state index in [1.165, 1.54) is 46.3 Å². The summed E-state index contributed by atoms with van der Waals surface area (Å²) in [4.78, 5) is 25.4. The zero-order valence-electron chi connectivity index (χ0n) is 18.3. The van der Waals surface area contributed by atoms with Gasteiger partial charge in [0, 0.05) is 17.7 Å². The van der Waals surface area contributed by atoms with Gasteiger partial charge in [-0.2, -0.15) is 0 Å².